The number of carbonyl (C=O) groups is 1. The van der Waals surface area contributed by atoms with Crippen molar-refractivity contribution in [3.05, 3.63) is 54.6 Å². The third-order valence-corrected chi connectivity index (χ3v) is 4.18. The molecule has 1 aliphatic rings. The molecule has 0 spiro atoms. The molecule has 0 fully saturated rings. The van der Waals surface area contributed by atoms with E-state index in [1.807, 2.05) is 54.6 Å². The van der Waals surface area contributed by atoms with Crippen LogP contribution < -0.4 is 14.2 Å². The minimum atomic E-state index is -0.178. The van der Waals surface area contributed by atoms with E-state index in [0.29, 0.717) is 13.2 Å². The molecule has 23 heavy (non-hydrogen) atoms. The van der Waals surface area contributed by atoms with Crippen molar-refractivity contribution >= 4 is 18.0 Å². The lowest BCUT2D eigenvalue weighted by atomic mass is 10.2. The third kappa shape index (κ3) is 4.10. The van der Waals surface area contributed by atoms with Crippen LogP contribution in [0, 0.1) is 0 Å². The van der Waals surface area contributed by atoms with Crippen LogP contribution in [0.3, 0.4) is 0 Å². The molecule has 6 heteroatoms. The molecule has 1 N–H and O–H groups in total. The van der Waals surface area contributed by atoms with Crippen molar-refractivity contribution in [3.8, 4) is 11.5 Å². The predicted molar refractivity (Wildman–Crippen MR) is 89.8 cm³/mol. The molecule has 120 valence electrons. The third-order valence-electron chi connectivity index (χ3n) is 3.39. The lowest BCUT2D eigenvalue weighted by Gasteiger charge is -2.29. The van der Waals surface area contributed by atoms with Gasteiger partial charge in [0.2, 0.25) is 0 Å². The van der Waals surface area contributed by atoms with E-state index in [9.17, 15) is 4.79 Å². The Hall–Kier alpha value is -2.34. The van der Waals surface area contributed by atoms with Crippen molar-refractivity contribution in [1.82, 2.24) is 9.62 Å². The maximum atomic E-state index is 12.1. The molecule has 5 nitrogen and oxygen atoms in total. The summed E-state index contributed by atoms with van der Waals surface area (Å²) in [5, 5.41) is 0. The fraction of sp³-hybridized carbons (Fsp3) is 0.235. The zero-order valence-corrected chi connectivity index (χ0v) is 13.6. The molecular weight excluding hydrogens is 312 g/mol. The van der Waals surface area contributed by atoms with Gasteiger partial charge < -0.3 is 14.4 Å². The van der Waals surface area contributed by atoms with E-state index in [2.05, 4.69) is 4.72 Å². The van der Waals surface area contributed by atoms with Gasteiger partial charge in [-0.2, -0.15) is 0 Å². The topological polar surface area (TPSA) is 50.8 Å². The van der Waals surface area contributed by atoms with Gasteiger partial charge in [0.1, 0.15) is 6.61 Å². The highest BCUT2D eigenvalue weighted by Crippen LogP contribution is 2.30. The number of ether oxygens (including phenoxy) is 2. The number of carbonyl (C=O) groups excluding carboxylic acids is 1. The summed E-state index contributed by atoms with van der Waals surface area (Å²) >= 11 is 1.29. The molecule has 2 amide bonds. The minimum Gasteiger partial charge on any atom is -0.486 e. The number of hydrogen-bond donors (Lipinski definition) is 1. The summed E-state index contributed by atoms with van der Waals surface area (Å²) in [6, 6.07) is 17.1. The van der Waals surface area contributed by atoms with Gasteiger partial charge in [0.15, 0.2) is 17.6 Å². The molecule has 2 aromatic rings. The first-order chi connectivity index (χ1) is 11.2. The van der Waals surface area contributed by atoms with Crippen LogP contribution in [0.2, 0.25) is 0 Å². The summed E-state index contributed by atoms with van der Waals surface area (Å²) in [6.45, 7) is 0.885. The average Bonchev–Trinajstić information content (AvgIpc) is 2.60. The van der Waals surface area contributed by atoms with Crippen LogP contribution in [0.5, 0.6) is 11.5 Å². The Balaban J connectivity index is 1.49. The Morgan fingerprint density at radius 2 is 1.87 bits per heavy atom. The molecule has 0 bridgehead atoms. The van der Waals surface area contributed by atoms with Gasteiger partial charge in [-0.05, 0) is 36.2 Å². The molecule has 0 aromatic heterocycles. The van der Waals surface area contributed by atoms with Gasteiger partial charge >= 0.3 is 6.03 Å². The number of rotatable bonds is 4. The molecule has 0 aliphatic carbocycles. The number of amides is 2. The molecule has 1 unspecified atom stereocenters. The molecule has 1 heterocycles. The van der Waals surface area contributed by atoms with Crippen LogP contribution in [0.15, 0.2) is 59.5 Å². The van der Waals surface area contributed by atoms with Crippen molar-refractivity contribution in [2.75, 3.05) is 20.2 Å². The smallest absolute Gasteiger partial charge is 0.327 e. The Kier molecular flexibility index (Phi) is 4.92. The van der Waals surface area contributed by atoms with E-state index in [1.165, 1.54) is 11.9 Å². The van der Waals surface area contributed by atoms with Crippen molar-refractivity contribution in [2.24, 2.45) is 0 Å². The van der Waals surface area contributed by atoms with Gasteiger partial charge in [0, 0.05) is 11.9 Å². The number of hydrogen-bond acceptors (Lipinski definition) is 4. The SMILES string of the molecule is CN(CC1COc2ccccc2O1)C(=O)NSc1ccccc1. The average molecular weight is 330 g/mol. The van der Waals surface area contributed by atoms with E-state index >= 15 is 0 Å². The van der Waals surface area contributed by atoms with Crippen LogP contribution >= 0.6 is 11.9 Å². The standard InChI is InChI=1S/C17H18N2O3S/c1-19(17(20)18-23-14-7-3-2-4-8-14)11-13-12-21-15-9-5-6-10-16(15)22-13/h2-10,13H,11-12H2,1H3,(H,18,20). The number of fused-ring (bicyclic) bond motifs is 1. The highest BCUT2D eigenvalue weighted by atomic mass is 32.2. The lowest BCUT2D eigenvalue weighted by molar-refractivity contribution is 0.0723. The van der Waals surface area contributed by atoms with Crippen molar-refractivity contribution in [2.45, 2.75) is 11.0 Å². The van der Waals surface area contributed by atoms with E-state index in [4.69, 9.17) is 9.47 Å². The number of nitrogens with zero attached hydrogens (tertiary/aromatic N) is 1. The zero-order valence-electron chi connectivity index (χ0n) is 12.8. The van der Waals surface area contributed by atoms with E-state index < -0.39 is 0 Å². The van der Waals surface area contributed by atoms with Gasteiger partial charge in [-0.3, -0.25) is 4.72 Å². The fourth-order valence-electron chi connectivity index (χ4n) is 2.21. The van der Waals surface area contributed by atoms with Crippen LogP contribution in [0.1, 0.15) is 0 Å². The number of nitrogens with one attached hydrogen (secondary N) is 1. The van der Waals surface area contributed by atoms with Crippen molar-refractivity contribution in [1.29, 1.82) is 0 Å². The first-order valence-corrected chi connectivity index (χ1v) is 8.15. The molecular formula is C17H18N2O3S. The molecule has 1 aliphatic heterocycles. The lowest BCUT2D eigenvalue weighted by Crippen LogP contribution is -2.44. The maximum absolute atomic E-state index is 12.1. The Morgan fingerprint density at radius 3 is 2.65 bits per heavy atom. The largest absolute Gasteiger partial charge is 0.486 e. The van der Waals surface area contributed by atoms with Gasteiger partial charge in [-0.1, -0.05) is 30.3 Å². The second-order valence-corrected chi connectivity index (χ2v) is 6.08. The van der Waals surface area contributed by atoms with Crippen LogP contribution in [-0.2, 0) is 0 Å². The van der Waals surface area contributed by atoms with Crippen molar-refractivity contribution in [3.63, 3.8) is 0 Å². The second kappa shape index (κ2) is 7.28. The van der Waals surface area contributed by atoms with Gasteiger partial charge in [-0.25, -0.2) is 4.79 Å². The summed E-state index contributed by atoms with van der Waals surface area (Å²) in [5.41, 5.74) is 0. The molecule has 0 saturated heterocycles. The van der Waals surface area contributed by atoms with Crippen molar-refractivity contribution < 1.29 is 14.3 Å². The number of para-hydroxylation sites is 2. The van der Waals surface area contributed by atoms with E-state index in [1.54, 1.807) is 11.9 Å². The molecule has 0 saturated carbocycles. The maximum Gasteiger partial charge on any atom is 0.327 e. The van der Waals surface area contributed by atoms with Gasteiger partial charge in [0.05, 0.1) is 6.54 Å². The predicted octanol–water partition coefficient (Wildman–Crippen LogP) is 3.18. The monoisotopic (exact) mass is 330 g/mol. The second-order valence-electron chi connectivity index (χ2n) is 5.20. The zero-order chi connectivity index (χ0) is 16.1. The highest BCUT2D eigenvalue weighted by molar-refractivity contribution is 7.98. The summed E-state index contributed by atoms with van der Waals surface area (Å²) in [4.78, 5) is 14.7. The van der Waals surface area contributed by atoms with E-state index in [-0.39, 0.29) is 12.1 Å². The molecule has 2 aromatic carbocycles. The summed E-state index contributed by atoms with van der Waals surface area (Å²) in [7, 11) is 1.74. The first-order valence-electron chi connectivity index (χ1n) is 7.34. The molecule has 1 atom stereocenters. The summed E-state index contributed by atoms with van der Waals surface area (Å²) in [6.07, 6.45) is -0.178. The Labute approximate surface area is 139 Å². The van der Waals surface area contributed by atoms with Crippen LogP contribution in [-0.4, -0.2) is 37.2 Å². The first kappa shape index (κ1) is 15.6. The van der Waals surface area contributed by atoms with Gasteiger partial charge in [-0.15, -0.1) is 0 Å². The van der Waals surface area contributed by atoms with Gasteiger partial charge in [0.25, 0.3) is 0 Å². The number of benzene rings is 2. The van der Waals surface area contributed by atoms with Crippen LogP contribution in [0.4, 0.5) is 4.79 Å². The quantitative estimate of drug-likeness (QED) is 0.875. The fourth-order valence-corrected chi connectivity index (χ4v) is 2.86. The van der Waals surface area contributed by atoms with Crippen LogP contribution in [0.25, 0.3) is 0 Å². The number of urea groups is 1. The normalized spacial score (nSPS) is 15.8. The summed E-state index contributed by atoms with van der Waals surface area (Å²) < 4.78 is 14.3. The Morgan fingerprint density at radius 1 is 1.17 bits per heavy atom. The molecule has 3 rings (SSSR count). The number of likely N-dealkylation sites (N-methyl/N-ethyl adjacent to an activating group) is 1. The highest BCUT2D eigenvalue weighted by Gasteiger charge is 2.23. The summed E-state index contributed by atoms with van der Waals surface area (Å²) in [5.74, 6) is 1.46. The Bertz CT molecular complexity index is 666. The van der Waals surface area contributed by atoms with E-state index in [0.717, 1.165) is 16.4 Å². The molecule has 0 radical (unpaired) electrons. The minimum absolute atomic E-state index is 0.165.